The number of benzene rings is 2. The molecule has 0 atom stereocenters. The number of rotatable bonds is 6. The minimum Gasteiger partial charge on any atom is -0.0952 e. The molecular formula is C20H22. The van der Waals surface area contributed by atoms with E-state index in [0.29, 0.717) is 0 Å². The zero-order chi connectivity index (χ0) is 14.4. The van der Waals surface area contributed by atoms with Gasteiger partial charge in [0.2, 0.25) is 0 Å². The molecule has 0 spiro atoms. The molecule has 0 unspecified atom stereocenters. The third kappa shape index (κ3) is 4.09. The van der Waals surface area contributed by atoms with Gasteiger partial charge < -0.3 is 0 Å². The highest BCUT2D eigenvalue weighted by Crippen LogP contribution is 2.16. The molecule has 20 heavy (non-hydrogen) atoms. The first-order valence-electron chi connectivity index (χ1n) is 7.21. The highest BCUT2D eigenvalue weighted by atomic mass is 14.0. The first-order valence-corrected chi connectivity index (χ1v) is 7.21. The quantitative estimate of drug-likeness (QED) is 0.664. The van der Waals surface area contributed by atoms with Gasteiger partial charge in [0.15, 0.2) is 0 Å². The van der Waals surface area contributed by atoms with E-state index in [4.69, 9.17) is 0 Å². The van der Waals surface area contributed by atoms with Crippen molar-refractivity contribution in [2.45, 2.75) is 26.2 Å². The summed E-state index contributed by atoms with van der Waals surface area (Å²) in [6, 6.07) is 17.3. The third-order valence-electron chi connectivity index (χ3n) is 3.42. The van der Waals surface area contributed by atoms with Gasteiger partial charge in [0.05, 0.1) is 0 Å². The Hall–Kier alpha value is -1.82. The van der Waals surface area contributed by atoms with E-state index in [9.17, 15) is 0 Å². The standard InChI is InChI=1S/C20H22/c1-4-6-18-7-5-8-19(15-18)10-9-17-11-13-20(14-12-17)16(2)3/h5,7-9,11-15H,2-4,6,10H2,1H3. The fourth-order valence-electron chi connectivity index (χ4n) is 2.29. The molecule has 0 amide bonds. The predicted octanol–water partition coefficient (Wildman–Crippen LogP) is 5.28. The fraction of sp³-hybridized carbons (Fsp3) is 0.200. The second-order valence-electron chi connectivity index (χ2n) is 5.20. The van der Waals surface area contributed by atoms with Crippen LogP contribution >= 0.6 is 0 Å². The molecule has 0 heterocycles. The van der Waals surface area contributed by atoms with Gasteiger partial charge in [-0.15, -0.1) is 0 Å². The SMILES string of the molecule is [CH2]C(=C)c1ccc([CH]Cc2cccc(CCC)c2)cc1. The summed E-state index contributed by atoms with van der Waals surface area (Å²) in [5.41, 5.74) is 6.02. The minimum absolute atomic E-state index is 0.865. The average molecular weight is 262 g/mol. The Kier molecular flexibility index (Phi) is 5.17. The van der Waals surface area contributed by atoms with Crippen molar-refractivity contribution in [2.75, 3.05) is 0 Å². The summed E-state index contributed by atoms with van der Waals surface area (Å²) in [7, 11) is 0. The molecule has 2 aromatic carbocycles. The molecule has 0 fully saturated rings. The van der Waals surface area contributed by atoms with E-state index >= 15 is 0 Å². The second kappa shape index (κ2) is 7.09. The van der Waals surface area contributed by atoms with Gasteiger partial charge in [-0.25, -0.2) is 0 Å². The Morgan fingerprint density at radius 3 is 2.40 bits per heavy atom. The molecule has 0 nitrogen and oxygen atoms in total. The van der Waals surface area contributed by atoms with E-state index in [1.54, 1.807) is 0 Å². The smallest absolute Gasteiger partial charge is 0.00494 e. The third-order valence-corrected chi connectivity index (χ3v) is 3.42. The molecule has 0 saturated carbocycles. The van der Waals surface area contributed by atoms with Crippen LogP contribution in [0.1, 0.15) is 35.6 Å². The first-order chi connectivity index (χ1) is 9.69. The summed E-state index contributed by atoms with van der Waals surface area (Å²) in [6.07, 6.45) is 5.60. The molecule has 2 aromatic rings. The molecule has 0 saturated heterocycles. The molecular weight excluding hydrogens is 240 g/mol. The first kappa shape index (κ1) is 14.6. The van der Waals surface area contributed by atoms with Crippen LogP contribution in [0.5, 0.6) is 0 Å². The summed E-state index contributed by atoms with van der Waals surface area (Å²) in [5.74, 6) is 0. The van der Waals surface area contributed by atoms with Crippen molar-refractivity contribution in [3.05, 3.63) is 90.7 Å². The van der Waals surface area contributed by atoms with Crippen molar-refractivity contribution in [1.82, 2.24) is 0 Å². The summed E-state index contributed by atoms with van der Waals surface area (Å²) < 4.78 is 0. The average Bonchev–Trinajstić information content (AvgIpc) is 2.46. The van der Waals surface area contributed by atoms with Gasteiger partial charge in [0.25, 0.3) is 0 Å². The van der Waals surface area contributed by atoms with Crippen LogP contribution in [0.2, 0.25) is 0 Å². The second-order valence-corrected chi connectivity index (χ2v) is 5.20. The van der Waals surface area contributed by atoms with Gasteiger partial charge in [0.1, 0.15) is 0 Å². The van der Waals surface area contributed by atoms with Crippen molar-refractivity contribution in [1.29, 1.82) is 0 Å². The zero-order valence-electron chi connectivity index (χ0n) is 12.2. The molecule has 2 radical (unpaired) electrons. The summed E-state index contributed by atoms with van der Waals surface area (Å²) >= 11 is 0. The molecule has 0 aromatic heterocycles. The molecule has 2 rings (SSSR count). The van der Waals surface area contributed by atoms with Gasteiger partial charge in [0, 0.05) is 0 Å². The van der Waals surface area contributed by atoms with Gasteiger partial charge in [-0.3, -0.25) is 0 Å². The Morgan fingerprint density at radius 1 is 1.05 bits per heavy atom. The predicted molar refractivity (Wildman–Crippen MR) is 88.4 cm³/mol. The van der Waals surface area contributed by atoms with Crippen LogP contribution in [-0.4, -0.2) is 0 Å². The van der Waals surface area contributed by atoms with Crippen molar-refractivity contribution >= 4 is 5.57 Å². The van der Waals surface area contributed by atoms with Gasteiger partial charge >= 0.3 is 0 Å². The monoisotopic (exact) mass is 262 g/mol. The van der Waals surface area contributed by atoms with E-state index in [-0.39, 0.29) is 0 Å². The Balaban J connectivity index is 1.97. The van der Waals surface area contributed by atoms with Crippen LogP contribution in [0, 0.1) is 13.3 Å². The Labute approximate surface area is 123 Å². The van der Waals surface area contributed by atoms with Crippen LogP contribution in [0.4, 0.5) is 0 Å². The van der Waals surface area contributed by atoms with E-state index < -0.39 is 0 Å². The highest BCUT2D eigenvalue weighted by Gasteiger charge is 1.99. The maximum atomic E-state index is 3.85. The van der Waals surface area contributed by atoms with Gasteiger partial charge in [-0.1, -0.05) is 68.5 Å². The molecule has 0 N–H and O–H groups in total. The largest absolute Gasteiger partial charge is 0.0952 e. The van der Waals surface area contributed by atoms with Crippen molar-refractivity contribution in [3.63, 3.8) is 0 Å². The van der Waals surface area contributed by atoms with Gasteiger partial charge in [-0.05, 0) is 54.0 Å². The summed E-state index contributed by atoms with van der Waals surface area (Å²) in [4.78, 5) is 0. The minimum atomic E-state index is 0.865. The van der Waals surface area contributed by atoms with E-state index in [2.05, 4.69) is 75.4 Å². The number of hydrogen-bond donors (Lipinski definition) is 0. The van der Waals surface area contributed by atoms with Gasteiger partial charge in [-0.2, -0.15) is 0 Å². The molecule has 0 aliphatic carbocycles. The number of hydrogen-bond acceptors (Lipinski definition) is 0. The van der Waals surface area contributed by atoms with Crippen LogP contribution in [-0.2, 0) is 12.8 Å². The highest BCUT2D eigenvalue weighted by molar-refractivity contribution is 5.66. The molecule has 0 heteroatoms. The van der Waals surface area contributed by atoms with Crippen molar-refractivity contribution in [2.24, 2.45) is 0 Å². The Morgan fingerprint density at radius 2 is 1.75 bits per heavy atom. The molecule has 0 aliphatic rings. The lowest BCUT2D eigenvalue weighted by atomic mass is 9.99. The maximum Gasteiger partial charge on any atom is -0.00494 e. The molecule has 0 aliphatic heterocycles. The topological polar surface area (TPSA) is 0 Å². The number of aryl methyl sites for hydroxylation is 1. The van der Waals surface area contributed by atoms with Crippen LogP contribution in [0.25, 0.3) is 5.57 Å². The van der Waals surface area contributed by atoms with E-state index in [1.165, 1.54) is 23.1 Å². The van der Waals surface area contributed by atoms with Crippen LogP contribution in [0.15, 0.2) is 55.1 Å². The van der Waals surface area contributed by atoms with Crippen LogP contribution < -0.4 is 0 Å². The van der Waals surface area contributed by atoms with E-state index in [1.807, 2.05) is 0 Å². The Bertz CT molecular complexity index is 561. The zero-order valence-corrected chi connectivity index (χ0v) is 12.2. The van der Waals surface area contributed by atoms with Crippen molar-refractivity contribution in [3.8, 4) is 0 Å². The van der Waals surface area contributed by atoms with Crippen LogP contribution in [0.3, 0.4) is 0 Å². The normalized spacial score (nSPS) is 10.5. The summed E-state index contributed by atoms with van der Waals surface area (Å²) in [6.45, 7) is 9.93. The summed E-state index contributed by atoms with van der Waals surface area (Å²) in [5, 5.41) is 0. The molecule has 102 valence electrons. The number of allylic oxidation sites excluding steroid dienone is 1. The lowest BCUT2D eigenvalue weighted by Gasteiger charge is -2.06. The fourth-order valence-corrected chi connectivity index (χ4v) is 2.29. The maximum absolute atomic E-state index is 3.85. The van der Waals surface area contributed by atoms with E-state index in [0.717, 1.165) is 24.0 Å². The lowest BCUT2D eigenvalue weighted by Crippen LogP contribution is -1.91. The molecule has 0 bridgehead atoms. The van der Waals surface area contributed by atoms with Crippen molar-refractivity contribution < 1.29 is 0 Å². The lowest BCUT2D eigenvalue weighted by molar-refractivity contribution is 0.918.